The monoisotopic (exact) mass is 269 g/mol. The highest BCUT2D eigenvalue weighted by Gasteiger charge is 2.36. The van der Waals surface area contributed by atoms with Crippen LogP contribution in [0.3, 0.4) is 0 Å². The van der Waals surface area contributed by atoms with E-state index in [2.05, 4.69) is 0 Å². The van der Waals surface area contributed by atoms with Gasteiger partial charge in [0.2, 0.25) is 6.23 Å². The van der Waals surface area contributed by atoms with Gasteiger partial charge in [-0.25, -0.2) is 4.79 Å². The number of aliphatic carboxylic acids is 1. The van der Waals surface area contributed by atoms with Gasteiger partial charge >= 0.3 is 5.97 Å². The molecule has 0 aliphatic carbocycles. The van der Waals surface area contributed by atoms with Crippen LogP contribution in [0.5, 0.6) is 0 Å². The van der Waals surface area contributed by atoms with Crippen LogP contribution in [0, 0.1) is 0 Å². The Morgan fingerprint density at radius 3 is 2.94 bits per heavy atom. The lowest BCUT2D eigenvalue weighted by Crippen LogP contribution is -2.43. The molecule has 2 rings (SSSR count). The van der Waals surface area contributed by atoms with Crippen molar-refractivity contribution in [2.45, 2.75) is 19.7 Å². The van der Waals surface area contributed by atoms with Gasteiger partial charge in [0.15, 0.2) is 0 Å². The Morgan fingerprint density at radius 1 is 1.61 bits per heavy atom. The lowest BCUT2D eigenvalue weighted by atomic mass is 10.1. The minimum atomic E-state index is -1.26. The number of carbonyl (C=O) groups is 2. The Bertz CT molecular complexity index is 503. The molecule has 5 nitrogen and oxygen atoms in total. The van der Waals surface area contributed by atoms with Crippen LogP contribution in [0.25, 0.3) is 0 Å². The second-order valence-corrected chi connectivity index (χ2v) is 4.32. The maximum atomic E-state index is 12.1. The summed E-state index contributed by atoms with van der Waals surface area (Å²) in [5.74, 6) is -1.54. The zero-order valence-electron chi connectivity index (χ0n) is 9.72. The van der Waals surface area contributed by atoms with Crippen LogP contribution in [0.15, 0.2) is 18.2 Å². The number of rotatable bonds is 4. The quantitative estimate of drug-likeness (QED) is 0.904. The number of fused-ring (bicyclic) bond motifs is 1. The molecule has 0 saturated heterocycles. The van der Waals surface area contributed by atoms with Crippen molar-refractivity contribution in [3.8, 4) is 0 Å². The first-order valence-electron chi connectivity index (χ1n) is 5.48. The van der Waals surface area contributed by atoms with Crippen molar-refractivity contribution in [3.63, 3.8) is 0 Å². The first-order valence-corrected chi connectivity index (χ1v) is 5.86. The fourth-order valence-corrected chi connectivity index (χ4v) is 2.11. The van der Waals surface area contributed by atoms with Crippen LogP contribution in [-0.4, -0.2) is 34.7 Å². The molecule has 1 aliphatic rings. The summed E-state index contributed by atoms with van der Waals surface area (Å²) in [5, 5.41) is 9.52. The van der Waals surface area contributed by atoms with Crippen molar-refractivity contribution < 1.29 is 19.4 Å². The van der Waals surface area contributed by atoms with E-state index in [9.17, 15) is 9.59 Å². The summed E-state index contributed by atoms with van der Waals surface area (Å²) in [6.07, 6.45) is -1.26. The van der Waals surface area contributed by atoms with E-state index in [1.807, 2.05) is 0 Å². The minimum absolute atomic E-state index is 0.220. The fourth-order valence-electron chi connectivity index (χ4n) is 1.94. The van der Waals surface area contributed by atoms with Gasteiger partial charge in [0, 0.05) is 23.7 Å². The van der Waals surface area contributed by atoms with E-state index in [0.29, 0.717) is 10.6 Å². The van der Waals surface area contributed by atoms with Crippen LogP contribution in [0.1, 0.15) is 22.8 Å². The van der Waals surface area contributed by atoms with Crippen molar-refractivity contribution in [3.05, 3.63) is 34.3 Å². The third kappa shape index (κ3) is 2.19. The molecule has 0 saturated carbocycles. The van der Waals surface area contributed by atoms with Crippen molar-refractivity contribution in [2.24, 2.45) is 0 Å². The molecule has 18 heavy (non-hydrogen) atoms. The molecule has 0 aromatic heterocycles. The van der Waals surface area contributed by atoms with E-state index in [1.54, 1.807) is 25.1 Å². The molecule has 96 valence electrons. The van der Waals surface area contributed by atoms with E-state index < -0.39 is 12.2 Å². The summed E-state index contributed by atoms with van der Waals surface area (Å²) in [4.78, 5) is 24.4. The average Bonchev–Trinajstić information content (AvgIpc) is 2.63. The second kappa shape index (κ2) is 4.96. The first-order chi connectivity index (χ1) is 8.54. The van der Waals surface area contributed by atoms with Crippen molar-refractivity contribution in [1.29, 1.82) is 0 Å². The lowest BCUT2D eigenvalue weighted by molar-refractivity contribution is -0.161. The molecule has 0 radical (unpaired) electrons. The number of nitrogens with zero attached hydrogens (tertiary/aromatic N) is 1. The van der Waals surface area contributed by atoms with Gasteiger partial charge in [0.05, 0.1) is 0 Å². The predicted octanol–water partition coefficient (Wildman–Crippen LogP) is 1.74. The molecule has 1 unspecified atom stereocenters. The van der Waals surface area contributed by atoms with Crippen LogP contribution in [0.2, 0.25) is 5.02 Å². The number of halogens is 1. The van der Waals surface area contributed by atoms with E-state index >= 15 is 0 Å². The number of ether oxygens (including phenoxy) is 1. The third-order valence-corrected chi connectivity index (χ3v) is 2.96. The zero-order chi connectivity index (χ0) is 13.3. The molecule has 1 heterocycles. The zero-order valence-corrected chi connectivity index (χ0v) is 10.5. The number of carboxylic acids is 1. The van der Waals surface area contributed by atoms with E-state index in [0.717, 1.165) is 5.56 Å². The Kier molecular flexibility index (Phi) is 3.54. The van der Waals surface area contributed by atoms with E-state index in [-0.39, 0.29) is 19.1 Å². The number of amides is 1. The molecular formula is C12H12ClNO4. The molecular weight excluding hydrogens is 258 g/mol. The molecule has 1 N–H and O–H groups in total. The van der Waals surface area contributed by atoms with Gasteiger partial charge < -0.3 is 9.84 Å². The summed E-state index contributed by atoms with van der Waals surface area (Å²) >= 11 is 5.82. The first kappa shape index (κ1) is 12.9. The third-order valence-electron chi connectivity index (χ3n) is 2.72. The van der Waals surface area contributed by atoms with Gasteiger partial charge in [0.25, 0.3) is 5.91 Å². The normalized spacial score (nSPS) is 15.7. The van der Waals surface area contributed by atoms with Crippen LogP contribution >= 0.6 is 11.6 Å². The second-order valence-electron chi connectivity index (χ2n) is 3.88. The van der Waals surface area contributed by atoms with Crippen LogP contribution in [-0.2, 0) is 16.1 Å². The lowest BCUT2D eigenvalue weighted by Gasteiger charge is -2.23. The maximum absolute atomic E-state index is 12.1. The summed E-state index contributed by atoms with van der Waals surface area (Å²) in [6, 6.07) is 4.94. The molecule has 1 amide bonds. The topological polar surface area (TPSA) is 66.8 Å². The molecule has 1 aromatic rings. The van der Waals surface area contributed by atoms with Gasteiger partial charge in [-0.15, -0.1) is 0 Å². The van der Waals surface area contributed by atoms with Crippen LogP contribution in [0.4, 0.5) is 0 Å². The molecule has 0 spiro atoms. The number of benzene rings is 1. The molecule has 0 bridgehead atoms. The Labute approximate surface area is 109 Å². The number of carbonyl (C=O) groups excluding carboxylic acids is 1. The molecule has 1 aromatic carbocycles. The van der Waals surface area contributed by atoms with Gasteiger partial charge in [0.1, 0.15) is 0 Å². The predicted molar refractivity (Wildman–Crippen MR) is 64.4 cm³/mol. The summed E-state index contributed by atoms with van der Waals surface area (Å²) in [7, 11) is 0. The summed E-state index contributed by atoms with van der Waals surface area (Å²) in [5.41, 5.74) is 1.20. The minimum Gasteiger partial charge on any atom is -0.478 e. The highest BCUT2D eigenvalue weighted by atomic mass is 35.5. The summed E-state index contributed by atoms with van der Waals surface area (Å²) in [6.45, 7) is 2.13. The highest BCUT2D eigenvalue weighted by Crippen LogP contribution is 2.27. The Morgan fingerprint density at radius 2 is 2.33 bits per heavy atom. The van der Waals surface area contributed by atoms with Gasteiger partial charge in [-0.2, -0.15) is 0 Å². The van der Waals surface area contributed by atoms with Crippen molar-refractivity contribution in [2.75, 3.05) is 6.61 Å². The average molecular weight is 270 g/mol. The number of hydrogen-bond donors (Lipinski definition) is 1. The van der Waals surface area contributed by atoms with E-state index in [4.69, 9.17) is 21.4 Å². The maximum Gasteiger partial charge on any atom is 0.354 e. The van der Waals surface area contributed by atoms with Gasteiger partial charge in [-0.1, -0.05) is 17.7 Å². The van der Waals surface area contributed by atoms with Crippen LogP contribution < -0.4 is 0 Å². The number of carboxylic acid groups (broad SMARTS) is 1. The largest absolute Gasteiger partial charge is 0.478 e. The molecule has 1 atom stereocenters. The van der Waals surface area contributed by atoms with Crippen molar-refractivity contribution in [1.82, 2.24) is 4.90 Å². The Hall–Kier alpha value is -1.59. The SMILES string of the molecule is CCOC(C(=O)O)N1Cc2ccc(Cl)cc2C1=O. The molecule has 1 aliphatic heterocycles. The van der Waals surface area contributed by atoms with Gasteiger partial charge in [-0.3, -0.25) is 9.69 Å². The summed E-state index contributed by atoms with van der Waals surface area (Å²) < 4.78 is 5.09. The van der Waals surface area contributed by atoms with Crippen molar-refractivity contribution >= 4 is 23.5 Å². The number of hydrogen-bond acceptors (Lipinski definition) is 3. The highest BCUT2D eigenvalue weighted by molar-refractivity contribution is 6.31. The fraction of sp³-hybridized carbons (Fsp3) is 0.333. The van der Waals surface area contributed by atoms with Gasteiger partial charge in [-0.05, 0) is 24.6 Å². The van der Waals surface area contributed by atoms with E-state index in [1.165, 1.54) is 4.90 Å². The molecule has 0 fully saturated rings. The Balaban J connectivity index is 2.30. The molecule has 6 heteroatoms. The smallest absolute Gasteiger partial charge is 0.354 e. The standard InChI is InChI=1S/C12H12ClNO4/c1-2-18-11(12(16)17)14-6-7-3-4-8(13)5-9(7)10(14)15/h3-5,11H,2,6H2,1H3,(H,16,17).